The smallest absolute Gasteiger partial charge is 0.226 e. The third kappa shape index (κ3) is 3.69. The lowest BCUT2D eigenvalue weighted by molar-refractivity contribution is -0.126. The Morgan fingerprint density at radius 3 is 2.92 bits per heavy atom. The number of aryl methyl sites for hydroxylation is 2. The monoisotopic (exact) mass is 357 g/mol. The molecular formula is C20H27N3O3. The van der Waals surface area contributed by atoms with E-state index in [4.69, 9.17) is 9.47 Å². The third-order valence-electron chi connectivity index (χ3n) is 5.05. The Balaban J connectivity index is 1.57. The van der Waals surface area contributed by atoms with Gasteiger partial charge in [-0.15, -0.1) is 0 Å². The van der Waals surface area contributed by atoms with Crippen LogP contribution in [0.2, 0.25) is 0 Å². The molecule has 6 nitrogen and oxygen atoms in total. The molecule has 1 atom stereocenters. The summed E-state index contributed by atoms with van der Waals surface area (Å²) in [4.78, 5) is 12.5. The molecule has 2 heterocycles. The Morgan fingerprint density at radius 2 is 2.23 bits per heavy atom. The highest BCUT2D eigenvalue weighted by molar-refractivity contribution is 5.79. The molecule has 0 radical (unpaired) electrons. The van der Waals surface area contributed by atoms with Crippen LogP contribution >= 0.6 is 0 Å². The van der Waals surface area contributed by atoms with Crippen molar-refractivity contribution in [2.45, 2.75) is 40.2 Å². The van der Waals surface area contributed by atoms with Crippen molar-refractivity contribution in [1.82, 2.24) is 15.1 Å². The lowest BCUT2D eigenvalue weighted by Crippen LogP contribution is -2.38. The van der Waals surface area contributed by atoms with E-state index in [-0.39, 0.29) is 11.8 Å². The van der Waals surface area contributed by atoms with Gasteiger partial charge in [0.2, 0.25) is 5.91 Å². The van der Waals surface area contributed by atoms with E-state index in [1.165, 1.54) is 11.3 Å². The zero-order valence-electron chi connectivity index (χ0n) is 16.0. The fourth-order valence-electron chi connectivity index (χ4n) is 3.52. The Morgan fingerprint density at radius 1 is 1.42 bits per heavy atom. The number of benzene rings is 1. The molecule has 0 saturated carbocycles. The molecule has 0 fully saturated rings. The normalized spacial score (nSPS) is 15.9. The molecule has 1 aromatic carbocycles. The van der Waals surface area contributed by atoms with Crippen LogP contribution in [0.25, 0.3) is 0 Å². The largest absolute Gasteiger partial charge is 0.497 e. The molecule has 0 spiro atoms. The molecule has 3 rings (SSSR count). The van der Waals surface area contributed by atoms with E-state index in [1.54, 1.807) is 7.11 Å². The van der Waals surface area contributed by atoms with E-state index in [2.05, 4.69) is 24.3 Å². The van der Waals surface area contributed by atoms with Crippen LogP contribution in [0.15, 0.2) is 18.2 Å². The summed E-state index contributed by atoms with van der Waals surface area (Å²) in [6, 6.07) is 5.72. The number of methoxy groups -OCH3 is 1. The van der Waals surface area contributed by atoms with Crippen molar-refractivity contribution in [3.8, 4) is 11.5 Å². The van der Waals surface area contributed by atoms with E-state index >= 15 is 0 Å². The van der Waals surface area contributed by atoms with Gasteiger partial charge in [-0.2, -0.15) is 5.10 Å². The van der Waals surface area contributed by atoms with Crippen molar-refractivity contribution in [2.24, 2.45) is 5.92 Å². The topological polar surface area (TPSA) is 65.4 Å². The molecule has 0 saturated heterocycles. The van der Waals surface area contributed by atoms with Crippen molar-refractivity contribution in [2.75, 3.05) is 20.3 Å². The van der Waals surface area contributed by atoms with Gasteiger partial charge in [0.1, 0.15) is 18.1 Å². The Labute approximate surface area is 154 Å². The minimum Gasteiger partial charge on any atom is -0.497 e. The summed E-state index contributed by atoms with van der Waals surface area (Å²) < 4.78 is 13.0. The molecule has 1 aliphatic rings. The number of nitrogens with one attached hydrogen (secondary N) is 1. The average Bonchev–Trinajstić information content (AvgIpc) is 2.94. The molecule has 26 heavy (non-hydrogen) atoms. The van der Waals surface area contributed by atoms with E-state index in [0.29, 0.717) is 19.6 Å². The fourth-order valence-corrected chi connectivity index (χ4v) is 3.52. The van der Waals surface area contributed by atoms with Gasteiger partial charge in [-0.1, -0.05) is 0 Å². The summed E-state index contributed by atoms with van der Waals surface area (Å²) in [6.07, 6.45) is 1.46. The summed E-state index contributed by atoms with van der Waals surface area (Å²) in [7, 11) is 1.64. The maximum absolute atomic E-state index is 12.5. The summed E-state index contributed by atoms with van der Waals surface area (Å²) in [5.74, 6) is 1.49. The van der Waals surface area contributed by atoms with Gasteiger partial charge in [0, 0.05) is 18.8 Å². The highest BCUT2D eigenvalue weighted by atomic mass is 16.5. The van der Waals surface area contributed by atoms with Crippen LogP contribution in [-0.2, 0) is 24.2 Å². The summed E-state index contributed by atoms with van der Waals surface area (Å²) >= 11 is 0. The van der Waals surface area contributed by atoms with Gasteiger partial charge in [-0.05, 0) is 62.9 Å². The quantitative estimate of drug-likeness (QED) is 0.862. The van der Waals surface area contributed by atoms with Gasteiger partial charge in [0.15, 0.2) is 0 Å². The molecule has 0 bridgehead atoms. The van der Waals surface area contributed by atoms with Crippen LogP contribution in [-0.4, -0.2) is 35.9 Å². The van der Waals surface area contributed by atoms with Crippen LogP contribution in [0.1, 0.15) is 29.4 Å². The molecule has 1 aromatic heterocycles. The van der Waals surface area contributed by atoms with Crippen molar-refractivity contribution in [1.29, 1.82) is 0 Å². The minimum atomic E-state index is -0.171. The standard InChI is InChI=1S/C20H27N3O3/c1-5-23-14(3)18(13(2)22-23)8-9-21-20(24)16-10-15-11-17(25-4)6-7-19(15)26-12-16/h6-7,11,16H,5,8-10,12H2,1-4H3,(H,21,24). The molecular weight excluding hydrogens is 330 g/mol. The maximum atomic E-state index is 12.5. The summed E-state index contributed by atoms with van der Waals surface area (Å²) in [6.45, 7) is 8.08. The molecule has 1 amide bonds. The molecule has 140 valence electrons. The zero-order chi connectivity index (χ0) is 18.7. The third-order valence-corrected chi connectivity index (χ3v) is 5.05. The number of hydrogen-bond acceptors (Lipinski definition) is 4. The molecule has 0 aliphatic carbocycles. The first-order valence-corrected chi connectivity index (χ1v) is 9.13. The lowest BCUT2D eigenvalue weighted by atomic mass is 9.95. The minimum absolute atomic E-state index is 0.0386. The van der Waals surface area contributed by atoms with Crippen LogP contribution in [0, 0.1) is 19.8 Å². The van der Waals surface area contributed by atoms with Gasteiger partial charge in [0.05, 0.1) is 18.7 Å². The lowest BCUT2D eigenvalue weighted by Gasteiger charge is -2.25. The van der Waals surface area contributed by atoms with Crippen LogP contribution < -0.4 is 14.8 Å². The molecule has 1 N–H and O–H groups in total. The predicted molar refractivity (Wildman–Crippen MR) is 99.8 cm³/mol. The van der Waals surface area contributed by atoms with Crippen molar-refractivity contribution in [3.63, 3.8) is 0 Å². The second-order valence-electron chi connectivity index (χ2n) is 6.69. The number of aromatic nitrogens is 2. The number of ether oxygens (including phenoxy) is 2. The number of carbonyl (C=O) groups excluding carboxylic acids is 1. The number of carbonyl (C=O) groups is 1. The van der Waals surface area contributed by atoms with Crippen LogP contribution in [0.3, 0.4) is 0 Å². The second-order valence-corrected chi connectivity index (χ2v) is 6.69. The first-order valence-electron chi connectivity index (χ1n) is 9.13. The van der Waals surface area contributed by atoms with Crippen molar-refractivity contribution in [3.05, 3.63) is 40.7 Å². The predicted octanol–water partition coefficient (Wildman–Crippen LogP) is 2.44. The zero-order valence-corrected chi connectivity index (χ0v) is 16.0. The molecule has 6 heteroatoms. The number of fused-ring (bicyclic) bond motifs is 1. The first kappa shape index (κ1) is 18.3. The van der Waals surface area contributed by atoms with E-state index in [1.807, 2.05) is 29.8 Å². The number of hydrogen-bond donors (Lipinski definition) is 1. The Kier molecular flexibility index (Phi) is 5.49. The molecule has 2 aromatic rings. The van der Waals surface area contributed by atoms with Gasteiger partial charge in [0.25, 0.3) is 0 Å². The summed E-state index contributed by atoms with van der Waals surface area (Å²) in [5.41, 5.74) is 4.47. The van der Waals surface area contributed by atoms with E-state index < -0.39 is 0 Å². The fraction of sp³-hybridized carbons (Fsp3) is 0.500. The van der Waals surface area contributed by atoms with Gasteiger partial charge >= 0.3 is 0 Å². The number of nitrogens with zero attached hydrogens (tertiary/aromatic N) is 2. The highest BCUT2D eigenvalue weighted by Crippen LogP contribution is 2.30. The van der Waals surface area contributed by atoms with Gasteiger partial charge in [-0.25, -0.2) is 0 Å². The van der Waals surface area contributed by atoms with Crippen molar-refractivity contribution < 1.29 is 14.3 Å². The Hall–Kier alpha value is -2.50. The van der Waals surface area contributed by atoms with Crippen LogP contribution in [0.4, 0.5) is 0 Å². The number of amides is 1. The highest BCUT2D eigenvalue weighted by Gasteiger charge is 2.26. The van der Waals surface area contributed by atoms with Gasteiger partial charge in [-0.3, -0.25) is 9.48 Å². The van der Waals surface area contributed by atoms with E-state index in [9.17, 15) is 4.79 Å². The van der Waals surface area contributed by atoms with E-state index in [0.717, 1.165) is 35.7 Å². The average molecular weight is 357 g/mol. The van der Waals surface area contributed by atoms with Crippen LogP contribution in [0.5, 0.6) is 11.5 Å². The molecule has 1 aliphatic heterocycles. The SMILES string of the molecule is CCn1nc(C)c(CCNC(=O)C2COc3ccc(OC)cc3C2)c1C. The maximum Gasteiger partial charge on any atom is 0.226 e. The van der Waals surface area contributed by atoms with Crippen molar-refractivity contribution >= 4 is 5.91 Å². The number of rotatable bonds is 6. The van der Waals surface area contributed by atoms with Gasteiger partial charge < -0.3 is 14.8 Å². The Bertz CT molecular complexity index is 798. The summed E-state index contributed by atoms with van der Waals surface area (Å²) in [5, 5.41) is 7.58. The molecule has 1 unspecified atom stereocenters. The first-order chi connectivity index (χ1) is 12.5. The second kappa shape index (κ2) is 7.81.